The van der Waals surface area contributed by atoms with Crippen LogP contribution in [0.4, 0.5) is 11.4 Å². The van der Waals surface area contributed by atoms with Gasteiger partial charge in [-0.2, -0.15) is 17.0 Å². The molecule has 3 nitrogen and oxygen atoms in total. The highest BCUT2D eigenvalue weighted by molar-refractivity contribution is 8.00. The van der Waals surface area contributed by atoms with Crippen molar-refractivity contribution in [3.05, 3.63) is 23.8 Å². The van der Waals surface area contributed by atoms with E-state index in [2.05, 4.69) is 17.6 Å². The number of hydrogen-bond acceptors (Lipinski definition) is 4. The summed E-state index contributed by atoms with van der Waals surface area (Å²) in [6.07, 6.45) is 7.39. The van der Waals surface area contributed by atoms with E-state index in [1.54, 1.807) is 12.1 Å². The summed E-state index contributed by atoms with van der Waals surface area (Å²) in [7, 11) is 0. The van der Waals surface area contributed by atoms with Crippen LogP contribution in [0.25, 0.3) is 0 Å². The molecule has 1 aromatic rings. The molecule has 0 saturated heterocycles. The standard InChI is InChI=1S/C14H19N3S/c1-18-14(6-2-3-7-14)10-17-13-5-4-11(9-15)8-12(13)16/h4-5,8,17H,2-3,6-7,10,16H2,1H3. The van der Waals surface area contributed by atoms with Gasteiger partial charge in [0, 0.05) is 11.3 Å². The Morgan fingerprint density at radius 2 is 2.17 bits per heavy atom. The molecule has 0 atom stereocenters. The first-order valence-corrected chi connectivity index (χ1v) is 7.50. The fourth-order valence-corrected chi connectivity index (χ4v) is 3.44. The number of rotatable bonds is 4. The second kappa shape index (κ2) is 5.53. The first-order valence-electron chi connectivity index (χ1n) is 6.28. The zero-order valence-electron chi connectivity index (χ0n) is 10.7. The maximum atomic E-state index is 8.81. The minimum atomic E-state index is 0.361. The molecule has 0 heterocycles. The summed E-state index contributed by atoms with van der Waals surface area (Å²) in [4.78, 5) is 0. The molecular formula is C14H19N3S. The van der Waals surface area contributed by atoms with Gasteiger partial charge in [-0.25, -0.2) is 0 Å². The number of benzene rings is 1. The second-order valence-electron chi connectivity index (χ2n) is 4.86. The van der Waals surface area contributed by atoms with Crippen molar-refractivity contribution >= 4 is 23.1 Å². The molecule has 1 fully saturated rings. The minimum absolute atomic E-state index is 0.361. The minimum Gasteiger partial charge on any atom is -0.397 e. The number of nitriles is 1. The van der Waals surface area contributed by atoms with Crippen molar-refractivity contribution in [3.63, 3.8) is 0 Å². The lowest BCUT2D eigenvalue weighted by atomic mass is 10.1. The van der Waals surface area contributed by atoms with Crippen molar-refractivity contribution in [2.75, 3.05) is 23.9 Å². The number of nitrogens with two attached hydrogens (primary N) is 1. The van der Waals surface area contributed by atoms with Gasteiger partial charge in [-0.1, -0.05) is 12.8 Å². The Kier molecular flexibility index (Phi) is 4.03. The van der Waals surface area contributed by atoms with Crippen molar-refractivity contribution in [2.24, 2.45) is 0 Å². The Labute approximate surface area is 113 Å². The third-order valence-electron chi connectivity index (χ3n) is 3.73. The average molecular weight is 261 g/mol. The van der Waals surface area contributed by atoms with E-state index in [1.165, 1.54) is 25.7 Å². The Hall–Kier alpha value is -1.34. The molecule has 18 heavy (non-hydrogen) atoms. The van der Waals surface area contributed by atoms with Crippen LogP contribution >= 0.6 is 11.8 Å². The van der Waals surface area contributed by atoms with E-state index in [4.69, 9.17) is 11.0 Å². The van der Waals surface area contributed by atoms with E-state index in [0.717, 1.165) is 12.2 Å². The monoisotopic (exact) mass is 261 g/mol. The number of thioether (sulfide) groups is 1. The van der Waals surface area contributed by atoms with E-state index in [9.17, 15) is 0 Å². The molecule has 0 spiro atoms. The Bertz CT molecular complexity index is 459. The molecule has 4 heteroatoms. The molecule has 0 bridgehead atoms. The lowest BCUT2D eigenvalue weighted by Crippen LogP contribution is -2.30. The summed E-state index contributed by atoms with van der Waals surface area (Å²) < 4.78 is 0.361. The highest BCUT2D eigenvalue weighted by Gasteiger charge is 2.32. The van der Waals surface area contributed by atoms with Gasteiger partial charge in [0.2, 0.25) is 0 Å². The topological polar surface area (TPSA) is 61.8 Å². The van der Waals surface area contributed by atoms with Crippen molar-refractivity contribution in [1.29, 1.82) is 5.26 Å². The number of nitrogens with one attached hydrogen (secondary N) is 1. The molecule has 0 unspecified atom stereocenters. The fourth-order valence-electron chi connectivity index (χ4n) is 2.52. The van der Waals surface area contributed by atoms with E-state index in [1.807, 2.05) is 17.8 Å². The van der Waals surface area contributed by atoms with Crippen LogP contribution in [0.3, 0.4) is 0 Å². The summed E-state index contributed by atoms with van der Waals surface area (Å²) >= 11 is 1.96. The highest BCUT2D eigenvalue weighted by atomic mass is 32.2. The molecule has 1 aromatic carbocycles. The summed E-state index contributed by atoms with van der Waals surface area (Å²) in [5.74, 6) is 0. The van der Waals surface area contributed by atoms with Gasteiger partial charge < -0.3 is 11.1 Å². The van der Waals surface area contributed by atoms with E-state index in [0.29, 0.717) is 16.0 Å². The molecule has 1 aliphatic carbocycles. The van der Waals surface area contributed by atoms with Crippen LogP contribution in [-0.2, 0) is 0 Å². The fraction of sp³-hybridized carbons (Fsp3) is 0.500. The first kappa shape index (κ1) is 13.1. The van der Waals surface area contributed by atoms with Crippen molar-refractivity contribution < 1.29 is 0 Å². The largest absolute Gasteiger partial charge is 0.397 e. The van der Waals surface area contributed by atoms with E-state index >= 15 is 0 Å². The average Bonchev–Trinajstić information content (AvgIpc) is 2.86. The molecule has 2 rings (SSSR count). The van der Waals surface area contributed by atoms with Gasteiger partial charge in [-0.15, -0.1) is 0 Å². The molecule has 1 saturated carbocycles. The summed E-state index contributed by atoms with van der Waals surface area (Å²) in [6.45, 7) is 0.949. The molecular weight excluding hydrogens is 242 g/mol. The number of anilines is 2. The van der Waals surface area contributed by atoms with Gasteiger partial charge in [0.25, 0.3) is 0 Å². The van der Waals surface area contributed by atoms with E-state index < -0.39 is 0 Å². The van der Waals surface area contributed by atoms with Crippen molar-refractivity contribution in [1.82, 2.24) is 0 Å². The van der Waals surface area contributed by atoms with Crippen LogP contribution in [0.1, 0.15) is 31.2 Å². The maximum Gasteiger partial charge on any atom is 0.0992 e. The number of nitrogens with zero attached hydrogens (tertiary/aromatic N) is 1. The molecule has 96 valence electrons. The van der Waals surface area contributed by atoms with Gasteiger partial charge in [0.15, 0.2) is 0 Å². The normalized spacial score (nSPS) is 17.3. The van der Waals surface area contributed by atoms with Gasteiger partial charge in [-0.3, -0.25) is 0 Å². The predicted molar refractivity (Wildman–Crippen MR) is 78.8 cm³/mol. The van der Waals surface area contributed by atoms with E-state index in [-0.39, 0.29) is 0 Å². The van der Waals surface area contributed by atoms with Gasteiger partial charge in [-0.05, 0) is 37.3 Å². The van der Waals surface area contributed by atoms with Crippen LogP contribution in [-0.4, -0.2) is 17.5 Å². The zero-order valence-corrected chi connectivity index (χ0v) is 11.5. The van der Waals surface area contributed by atoms with Crippen molar-refractivity contribution in [2.45, 2.75) is 30.4 Å². The Balaban J connectivity index is 2.04. The number of nitrogen functional groups attached to an aromatic ring is 1. The predicted octanol–water partition coefficient (Wildman–Crippen LogP) is 3.23. The number of hydrogen-bond donors (Lipinski definition) is 2. The Morgan fingerprint density at radius 1 is 1.44 bits per heavy atom. The molecule has 3 N–H and O–H groups in total. The van der Waals surface area contributed by atoms with Crippen LogP contribution in [0.5, 0.6) is 0 Å². The zero-order chi connectivity index (χ0) is 13.0. The maximum absolute atomic E-state index is 8.81. The summed E-state index contributed by atoms with van der Waals surface area (Å²) in [5.41, 5.74) is 8.15. The highest BCUT2D eigenvalue weighted by Crippen LogP contribution is 2.40. The van der Waals surface area contributed by atoms with Crippen LogP contribution in [0.2, 0.25) is 0 Å². The third-order valence-corrected chi connectivity index (χ3v) is 5.15. The molecule has 0 amide bonds. The van der Waals surface area contributed by atoms with Crippen LogP contribution < -0.4 is 11.1 Å². The molecule has 1 aliphatic rings. The lowest BCUT2D eigenvalue weighted by Gasteiger charge is -2.27. The van der Waals surface area contributed by atoms with Gasteiger partial charge >= 0.3 is 0 Å². The van der Waals surface area contributed by atoms with Crippen LogP contribution in [0, 0.1) is 11.3 Å². The molecule has 0 radical (unpaired) electrons. The molecule has 0 aromatic heterocycles. The Morgan fingerprint density at radius 3 is 2.72 bits per heavy atom. The third kappa shape index (κ3) is 2.73. The summed E-state index contributed by atoms with van der Waals surface area (Å²) in [6, 6.07) is 7.53. The van der Waals surface area contributed by atoms with Gasteiger partial charge in [0.05, 0.1) is 23.0 Å². The summed E-state index contributed by atoms with van der Waals surface area (Å²) in [5, 5.41) is 12.2. The van der Waals surface area contributed by atoms with Crippen molar-refractivity contribution in [3.8, 4) is 6.07 Å². The lowest BCUT2D eigenvalue weighted by molar-refractivity contribution is 0.640. The quantitative estimate of drug-likeness (QED) is 0.817. The molecule has 0 aliphatic heterocycles. The second-order valence-corrected chi connectivity index (χ2v) is 6.14. The smallest absolute Gasteiger partial charge is 0.0992 e. The van der Waals surface area contributed by atoms with Gasteiger partial charge in [0.1, 0.15) is 0 Å². The first-order chi connectivity index (χ1) is 8.69. The SMILES string of the molecule is CSC1(CNc2ccc(C#N)cc2N)CCCC1. The van der Waals surface area contributed by atoms with Crippen LogP contribution in [0.15, 0.2) is 18.2 Å².